The Morgan fingerprint density at radius 2 is 2.06 bits per heavy atom. The maximum absolute atomic E-state index is 12.2. The van der Waals surface area contributed by atoms with Crippen LogP contribution in [0.25, 0.3) is 0 Å². The van der Waals surface area contributed by atoms with Crippen molar-refractivity contribution in [2.24, 2.45) is 23.7 Å². The lowest BCUT2D eigenvalue weighted by Gasteiger charge is -2.17. The number of ketones is 1. The van der Waals surface area contributed by atoms with E-state index in [1.165, 1.54) is 0 Å². The molecule has 1 saturated heterocycles. The van der Waals surface area contributed by atoms with E-state index in [0.29, 0.717) is 5.78 Å². The van der Waals surface area contributed by atoms with Gasteiger partial charge in [0.05, 0.1) is 5.92 Å². The molecule has 3 heteroatoms. The third-order valence-electron chi connectivity index (χ3n) is 4.30. The molecule has 1 aliphatic heterocycles. The third kappa shape index (κ3) is 1.14. The van der Waals surface area contributed by atoms with Gasteiger partial charge < -0.3 is 4.90 Å². The highest BCUT2D eigenvalue weighted by atomic mass is 16.2. The van der Waals surface area contributed by atoms with Crippen LogP contribution < -0.4 is 0 Å². The minimum Gasteiger partial charge on any atom is -0.342 e. The summed E-state index contributed by atoms with van der Waals surface area (Å²) >= 11 is 0. The SMILES string of the molecule is CCCCN1CC2C3C=CC(C3=O)C2C1=O. The smallest absolute Gasteiger partial charge is 0.227 e. The minimum atomic E-state index is -0.0888. The quantitative estimate of drug-likeness (QED) is 0.670. The van der Waals surface area contributed by atoms with Crippen LogP contribution in [0.4, 0.5) is 0 Å². The monoisotopic (exact) mass is 219 g/mol. The van der Waals surface area contributed by atoms with Crippen LogP contribution in [0.1, 0.15) is 19.8 Å². The molecule has 86 valence electrons. The van der Waals surface area contributed by atoms with Gasteiger partial charge in [-0.1, -0.05) is 25.5 Å². The average molecular weight is 219 g/mol. The van der Waals surface area contributed by atoms with Gasteiger partial charge in [0.25, 0.3) is 0 Å². The Bertz CT molecular complexity index is 374. The Morgan fingerprint density at radius 3 is 2.75 bits per heavy atom. The zero-order valence-corrected chi connectivity index (χ0v) is 9.56. The maximum atomic E-state index is 12.2. The topological polar surface area (TPSA) is 37.4 Å². The van der Waals surface area contributed by atoms with E-state index in [1.54, 1.807) is 0 Å². The molecule has 16 heavy (non-hydrogen) atoms. The molecule has 0 aromatic rings. The molecule has 2 aliphatic carbocycles. The van der Waals surface area contributed by atoms with Gasteiger partial charge in [-0.05, 0) is 6.42 Å². The van der Waals surface area contributed by atoms with Crippen LogP contribution >= 0.6 is 0 Å². The molecule has 3 rings (SSSR count). The molecule has 2 bridgehead atoms. The highest BCUT2D eigenvalue weighted by Gasteiger charge is 2.58. The highest BCUT2D eigenvalue weighted by Crippen LogP contribution is 2.49. The van der Waals surface area contributed by atoms with Crippen molar-refractivity contribution in [3.8, 4) is 0 Å². The molecule has 1 heterocycles. The largest absolute Gasteiger partial charge is 0.342 e. The number of likely N-dealkylation sites (tertiary alicyclic amines) is 1. The van der Waals surface area contributed by atoms with E-state index in [9.17, 15) is 9.59 Å². The second-order valence-corrected chi connectivity index (χ2v) is 5.17. The lowest BCUT2D eigenvalue weighted by Crippen LogP contribution is -2.31. The van der Waals surface area contributed by atoms with E-state index in [4.69, 9.17) is 0 Å². The number of carbonyl (C=O) groups is 2. The van der Waals surface area contributed by atoms with Crippen LogP contribution in [0.5, 0.6) is 0 Å². The number of fused-ring (bicyclic) bond motifs is 5. The van der Waals surface area contributed by atoms with Crippen LogP contribution in [0.15, 0.2) is 12.2 Å². The molecule has 0 spiro atoms. The molecule has 4 unspecified atom stereocenters. The standard InChI is InChI=1S/C13H17NO2/c1-2-3-6-14-7-10-8-4-5-9(12(8)15)11(10)13(14)16/h4-5,8-11H,2-3,6-7H2,1H3. The first-order valence-corrected chi connectivity index (χ1v) is 6.25. The van der Waals surface area contributed by atoms with Gasteiger partial charge in [0.2, 0.25) is 5.91 Å². The van der Waals surface area contributed by atoms with Gasteiger partial charge in [-0.3, -0.25) is 9.59 Å². The van der Waals surface area contributed by atoms with Crippen LogP contribution in [0.2, 0.25) is 0 Å². The second-order valence-electron chi connectivity index (χ2n) is 5.17. The van der Waals surface area contributed by atoms with Crippen molar-refractivity contribution in [2.45, 2.75) is 19.8 Å². The number of rotatable bonds is 3. The van der Waals surface area contributed by atoms with E-state index in [-0.39, 0.29) is 29.6 Å². The van der Waals surface area contributed by atoms with E-state index < -0.39 is 0 Å². The molecular weight excluding hydrogens is 202 g/mol. The van der Waals surface area contributed by atoms with Gasteiger partial charge in [0.1, 0.15) is 5.78 Å². The van der Waals surface area contributed by atoms with Gasteiger partial charge in [-0.15, -0.1) is 0 Å². The van der Waals surface area contributed by atoms with Crippen LogP contribution in [0, 0.1) is 23.7 Å². The van der Waals surface area contributed by atoms with Crippen LogP contribution in [-0.4, -0.2) is 29.7 Å². The molecule has 2 fully saturated rings. The average Bonchev–Trinajstić information content (AvgIpc) is 2.88. The fraction of sp³-hybridized carbons (Fsp3) is 0.692. The fourth-order valence-electron chi connectivity index (χ4n) is 3.46. The van der Waals surface area contributed by atoms with Crippen molar-refractivity contribution in [1.82, 2.24) is 4.90 Å². The first kappa shape index (κ1) is 10.1. The van der Waals surface area contributed by atoms with Crippen molar-refractivity contribution >= 4 is 11.7 Å². The lowest BCUT2D eigenvalue weighted by atomic mass is 9.86. The van der Waals surface area contributed by atoms with E-state index in [1.807, 2.05) is 17.1 Å². The highest BCUT2D eigenvalue weighted by molar-refractivity contribution is 6.00. The van der Waals surface area contributed by atoms with Crippen molar-refractivity contribution in [3.63, 3.8) is 0 Å². The molecule has 3 nitrogen and oxygen atoms in total. The van der Waals surface area contributed by atoms with E-state index in [0.717, 1.165) is 25.9 Å². The van der Waals surface area contributed by atoms with Crippen molar-refractivity contribution in [1.29, 1.82) is 0 Å². The first-order valence-electron chi connectivity index (χ1n) is 6.25. The van der Waals surface area contributed by atoms with Gasteiger partial charge in [-0.2, -0.15) is 0 Å². The number of unbranched alkanes of at least 4 members (excludes halogenated alkanes) is 1. The first-order chi connectivity index (χ1) is 7.74. The molecule has 3 aliphatic rings. The summed E-state index contributed by atoms with van der Waals surface area (Å²) in [5.74, 6) is 0.744. The summed E-state index contributed by atoms with van der Waals surface area (Å²) < 4.78 is 0. The molecule has 0 N–H and O–H groups in total. The normalized spacial score (nSPS) is 39.9. The number of hydrogen-bond donors (Lipinski definition) is 0. The maximum Gasteiger partial charge on any atom is 0.227 e. The number of carbonyl (C=O) groups excluding carboxylic acids is 2. The zero-order valence-electron chi connectivity index (χ0n) is 9.56. The Labute approximate surface area is 95.5 Å². The summed E-state index contributed by atoms with van der Waals surface area (Å²) in [5.41, 5.74) is 0. The van der Waals surface area contributed by atoms with Gasteiger partial charge >= 0.3 is 0 Å². The number of Topliss-reactive ketones (excluding diaryl/α,β-unsaturated/α-hetero) is 1. The van der Waals surface area contributed by atoms with Crippen LogP contribution in [-0.2, 0) is 9.59 Å². The van der Waals surface area contributed by atoms with Gasteiger partial charge in [0.15, 0.2) is 0 Å². The van der Waals surface area contributed by atoms with E-state index in [2.05, 4.69) is 6.92 Å². The molecule has 1 saturated carbocycles. The number of hydrogen-bond acceptors (Lipinski definition) is 2. The summed E-state index contributed by atoms with van der Waals surface area (Å²) in [5, 5.41) is 0. The molecule has 0 aromatic carbocycles. The number of allylic oxidation sites excluding steroid dienone is 2. The fourth-order valence-corrected chi connectivity index (χ4v) is 3.46. The minimum absolute atomic E-state index is 0.0145. The summed E-state index contributed by atoms with van der Waals surface area (Å²) in [6.07, 6.45) is 6.16. The molecular formula is C13H17NO2. The Hall–Kier alpha value is -1.12. The van der Waals surface area contributed by atoms with Crippen molar-refractivity contribution < 1.29 is 9.59 Å². The Morgan fingerprint density at radius 1 is 1.31 bits per heavy atom. The lowest BCUT2D eigenvalue weighted by molar-refractivity contribution is -0.134. The molecule has 0 radical (unpaired) electrons. The summed E-state index contributed by atoms with van der Waals surface area (Å²) in [6.45, 7) is 3.81. The third-order valence-corrected chi connectivity index (χ3v) is 4.30. The van der Waals surface area contributed by atoms with Gasteiger partial charge in [-0.25, -0.2) is 0 Å². The molecule has 4 atom stereocenters. The molecule has 0 aromatic heterocycles. The van der Waals surface area contributed by atoms with Gasteiger partial charge in [0, 0.05) is 30.8 Å². The molecule has 1 amide bonds. The van der Waals surface area contributed by atoms with Crippen LogP contribution in [0.3, 0.4) is 0 Å². The Kier molecular flexibility index (Phi) is 2.16. The number of nitrogens with zero attached hydrogens (tertiary/aromatic N) is 1. The van der Waals surface area contributed by atoms with Crippen molar-refractivity contribution in [3.05, 3.63) is 12.2 Å². The summed E-state index contributed by atoms with van der Waals surface area (Å²) in [6, 6.07) is 0. The van der Waals surface area contributed by atoms with E-state index >= 15 is 0 Å². The second kappa shape index (κ2) is 3.44. The number of amides is 1. The van der Waals surface area contributed by atoms with Crippen molar-refractivity contribution in [2.75, 3.05) is 13.1 Å². The summed E-state index contributed by atoms with van der Waals surface area (Å²) in [4.78, 5) is 26.0. The predicted molar refractivity (Wildman–Crippen MR) is 59.6 cm³/mol. The summed E-state index contributed by atoms with van der Waals surface area (Å²) in [7, 11) is 0. The Balaban J connectivity index is 1.78. The zero-order chi connectivity index (χ0) is 11.3. The predicted octanol–water partition coefficient (Wildman–Crippen LogP) is 1.25.